The Morgan fingerprint density at radius 1 is 1.21 bits per heavy atom. The number of nitrogens with one attached hydrogen (secondary N) is 1. The van der Waals surface area contributed by atoms with E-state index >= 15 is 0 Å². The number of ether oxygens (including phenoxy) is 3. The second kappa shape index (κ2) is 7.19. The Labute approximate surface area is 140 Å². The summed E-state index contributed by atoms with van der Waals surface area (Å²) in [7, 11) is 0. The highest BCUT2D eigenvalue weighted by atomic mass is 16.7. The van der Waals surface area contributed by atoms with Gasteiger partial charge in [0, 0.05) is 25.9 Å². The van der Waals surface area contributed by atoms with Gasteiger partial charge in [0.2, 0.25) is 0 Å². The molecular formula is C17H22N2O5. The number of esters is 1. The molecule has 7 heteroatoms. The molecule has 1 aromatic rings. The van der Waals surface area contributed by atoms with Gasteiger partial charge in [0.05, 0.1) is 31.1 Å². The minimum Gasteiger partial charge on any atom is -0.462 e. The van der Waals surface area contributed by atoms with Crippen LogP contribution in [0.15, 0.2) is 24.3 Å². The van der Waals surface area contributed by atoms with Crippen molar-refractivity contribution in [3.05, 3.63) is 29.8 Å². The van der Waals surface area contributed by atoms with Crippen molar-refractivity contribution in [2.24, 2.45) is 0 Å². The Hall–Kier alpha value is -2.12. The van der Waals surface area contributed by atoms with E-state index in [9.17, 15) is 9.59 Å². The van der Waals surface area contributed by atoms with Crippen LogP contribution in [0.3, 0.4) is 0 Å². The van der Waals surface area contributed by atoms with Crippen molar-refractivity contribution in [3.8, 4) is 0 Å². The van der Waals surface area contributed by atoms with Gasteiger partial charge in [0.25, 0.3) is 0 Å². The molecule has 3 rings (SSSR count). The fourth-order valence-corrected chi connectivity index (χ4v) is 3.01. The second-order valence-electron chi connectivity index (χ2n) is 5.79. The maximum Gasteiger partial charge on any atom is 0.340 e. The minimum atomic E-state index is -0.514. The number of carbonyl (C=O) groups is 2. The lowest BCUT2D eigenvalue weighted by Crippen LogP contribution is -2.48. The Bertz CT molecular complexity index is 603. The third-order valence-electron chi connectivity index (χ3n) is 4.29. The summed E-state index contributed by atoms with van der Waals surface area (Å²) in [6.07, 6.45) is 1.31. The average molecular weight is 334 g/mol. The van der Waals surface area contributed by atoms with Crippen LogP contribution in [-0.2, 0) is 14.2 Å². The van der Waals surface area contributed by atoms with Crippen molar-refractivity contribution in [3.63, 3.8) is 0 Å². The number of hydrogen-bond acceptors (Lipinski definition) is 5. The fourth-order valence-electron chi connectivity index (χ4n) is 3.01. The first kappa shape index (κ1) is 16.7. The molecule has 0 saturated carbocycles. The van der Waals surface area contributed by atoms with Crippen molar-refractivity contribution in [1.82, 2.24) is 4.90 Å². The van der Waals surface area contributed by atoms with Gasteiger partial charge >= 0.3 is 12.0 Å². The lowest BCUT2D eigenvalue weighted by molar-refractivity contribution is -0.181. The third-order valence-corrected chi connectivity index (χ3v) is 4.29. The highest BCUT2D eigenvalue weighted by Gasteiger charge is 2.40. The summed E-state index contributed by atoms with van der Waals surface area (Å²) in [5, 5.41) is 2.80. The van der Waals surface area contributed by atoms with E-state index in [1.165, 1.54) is 0 Å². The summed E-state index contributed by atoms with van der Waals surface area (Å²) in [6.45, 7) is 4.35. The number of piperidine rings is 1. The molecule has 1 spiro atoms. The van der Waals surface area contributed by atoms with Crippen LogP contribution in [0.1, 0.15) is 30.1 Å². The quantitative estimate of drug-likeness (QED) is 0.858. The van der Waals surface area contributed by atoms with Gasteiger partial charge in [-0.3, -0.25) is 0 Å². The highest BCUT2D eigenvalue weighted by molar-refractivity contribution is 6.00. The van der Waals surface area contributed by atoms with Gasteiger partial charge < -0.3 is 24.4 Å². The summed E-state index contributed by atoms with van der Waals surface area (Å²) >= 11 is 0. The van der Waals surface area contributed by atoms with Gasteiger partial charge in [-0.25, -0.2) is 9.59 Å². The van der Waals surface area contributed by atoms with E-state index in [2.05, 4.69) is 5.32 Å². The largest absolute Gasteiger partial charge is 0.462 e. The zero-order chi connectivity index (χ0) is 17.0. The number of likely N-dealkylation sites (tertiary alicyclic amines) is 1. The van der Waals surface area contributed by atoms with Crippen LogP contribution in [-0.4, -0.2) is 55.6 Å². The fraction of sp³-hybridized carbons (Fsp3) is 0.529. The number of benzene rings is 1. The van der Waals surface area contributed by atoms with Gasteiger partial charge in [-0.15, -0.1) is 0 Å². The SMILES string of the molecule is CCOC(=O)c1ccccc1NC(=O)N1CCC2(CC1)OCCO2. The molecule has 2 aliphatic rings. The summed E-state index contributed by atoms with van der Waals surface area (Å²) in [4.78, 5) is 26.2. The first-order valence-electron chi connectivity index (χ1n) is 8.23. The molecular weight excluding hydrogens is 312 g/mol. The molecule has 2 saturated heterocycles. The maximum atomic E-state index is 12.5. The summed E-state index contributed by atoms with van der Waals surface area (Å²) in [5.41, 5.74) is 0.804. The van der Waals surface area contributed by atoms with Crippen molar-refractivity contribution in [1.29, 1.82) is 0 Å². The van der Waals surface area contributed by atoms with E-state index in [1.54, 1.807) is 36.1 Å². The molecule has 1 aromatic carbocycles. The van der Waals surface area contributed by atoms with E-state index < -0.39 is 11.8 Å². The lowest BCUT2D eigenvalue weighted by atomic mass is 10.0. The second-order valence-corrected chi connectivity index (χ2v) is 5.79. The Kier molecular flexibility index (Phi) is 5.01. The Morgan fingerprint density at radius 3 is 2.54 bits per heavy atom. The minimum absolute atomic E-state index is 0.236. The Balaban J connectivity index is 1.62. The molecule has 0 bridgehead atoms. The summed E-state index contributed by atoms with van der Waals surface area (Å²) < 4.78 is 16.3. The van der Waals surface area contributed by atoms with Crippen LogP contribution in [0.4, 0.5) is 10.5 Å². The number of hydrogen-bond donors (Lipinski definition) is 1. The smallest absolute Gasteiger partial charge is 0.340 e. The number of para-hydroxylation sites is 1. The normalized spacial score (nSPS) is 19.3. The van der Waals surface area contributed by atoms with Crippen LogP contribution in [0, 0.1) is 0 Å². The van der Waals surface area contributed by atoms with E-state index in [0.717, 1.165) is 0 Å². The van der Waals surface area contributed by atoms with Gasteiger partial charge in [-0.05, 0) is 19.1 Å². The monoisotopic (exact) mass is 334 g/mol. The van der Waals surface area contributed by atoms with Crippen LogP contribution in [0.2, 0.25) is 0 Å². The van der Waals surface area contributed by atoms with Gasteiger partial charge in [0.1, 0.15) is 0 Å². The predicted octanol–water partition coefficient (Wildman–Crippen LogP) is 2.23. The van der Waals surface area contributed by atoms with E-state index in [1.807, 2.05) is 0 Å². The molecule has 24 heavy (non-hydrogen) atoms. The van der Waals surface area contributed by atoms with Crippen LogP contribution < -0.4 is 5.32 Å². The standard InChI is InChI=1S/C17H22N2O5/c1-2-22-15(20)13-5-3-4-6-14(13)18-16(21)19-9-7-17(8-10-19)23-11-12-24-17/h3-6H,2,7-12H2,1H3,(H,18,21). The number of anilines is 1. The van der Waals surface area contributed by atoms with Crippen molar-refractivity contribution >= 4 is 17.7 Å². The van der Waals surface area contributed by atoms with Crippen LogP contribution in [0.25, 0.3) is 0 Å². The highest BCUT2D eigenvalue weighted by Crippen LogP contribution is 2.31. The number of urea groups is 1. The number of nitrogens with zero attached hydrogens (tertiary/aromatic N) is 1. The third kappa shape index (κ3) is 3.52. The summed E-state index contributed by atoms with van der Waals surface area (Å²) in [6, 6.07) is 6.60. The van der Waals surface area contributed by atoms with Gasteiger partial charge in [-0.2, -0.15) is 0 Å². The molecule has 0 atom stereocenters. The Morgan fingerprint density at radius 2 is 1.88 bits per heavy atom. The van der Waals surface area contributed by atoms with Crippen molar-refractivity contribution in [2.45, 2.75) is 25.6 Å². The molecule has 0 unspecified atom stereocenters. The van der Waals surface area contributed by atoms with Crippen molar-refractivity contribution in [2.75, 3.05) is 38.2 Å². The van der Waals surface area contributed by atoms with E-state index in [0.29, 0.717) is 50.4 Å². The number of amides is 2. The van der Waals surface area contributed by atoms with E-state index in [4.69, 9.17) is 14.2 Å². The molecule has 0 aliphatic carbocycles. The maximum absolute atomic E-state index is 12.5. The number of rotatable bonds is 3. The molecule has 1 N–H and O–H groups in total. The molecule has 2 aliphatic heterocycles. The summed E-state index contributed by atoms with van der Waals surface area (Å²) in [5.74, 6) is -0.960. The molecule has 0 aromatic heterocycles. The predicted molar refractivity (Wildman–Crippen MR) is 86.9 cm³/mol. The molecule has 2 fully saturated rings. The first-order chi connectivity index (χ1) is 11.6. The number of carbonyl (C=O) groups excluding carboxylic acids is 2. The average Bonchev–Trinajstić information content (AvgIpc) is 3.04. The molecule has 7 nitrogen and oxygen atoms in total. The van der Waals surface area contributed by atoms with Crippen LogP contribution in [0.5, 0.6) is 0 Å². The van der Waals surface area contributed by atoms with Crippen molar-refractivity contribution < 1.29 is 23.8 Å². The topological polar surface area (TPSA) is 77.1 Å². The zero-order valence-corrected chi connectivity index (χ0v) is 13.7. The first-order valence-corrected chi connectivity index (χ1v) is 8.23. The van der Waals surface area contributed by atoms with Gasteiger partial charge in [-0.1, -0.05) is 12.1 Å². The molecule has 130 valence electrons. The van der Waals surface area contributed by atoms with E-state index in [-0.39, 0.29) is 12.6 Å². The molecule has 2 heterocycles. The van der Waals surface area contributed by atoms with Crippen LogP contribution >= 0.6 is 0 Å². The zero-order valence-electron chi connectivity index (χ0n) is 13.7. The van der Waals surface area contributed by atoms with Gasteiger partial charge in [0.15, 0.2) is 5.79 Å². The molecule has 2 amide bonds. The molecule has 0 radical (unpaired) electrons. The lowest BCUT2D eigenvalue weighted by Gasteiger charge is -2.37.